The van der Waals surface area contributed by atoms with Gasteiger partial charge in [-0.3, -0.25) is 4.98 Å². The van der Waals surface area contributed by atoms with Crippen molar-refractivity contribution in [2.45, 2.75) is 37.7 Å². The van der Waals surface area contributed by atoms with E-state index in [0.717, 1.165) is 29.5 Å². The van der Waals surface area contributed by atoms with Crippen LogP contribution in [0.5, 0.6) is 0 Å². The van der Waals surface area contributed by atoms with E-state index in [9.17, 15) is 10.4 Å². The van der Waals surface area contributed by atoms with Gasteiger partial charge >= 0.3 is 0 Å². The summed E-state index contributed by atoms with van der Waals surface area (Å²) in [5.74, 6) is 0. The molecule has 1 aliphatic rings. The Kier molecular flexibility index (Phi) is 3.48. The zero-order chi connectivity index (χ0) is 14.9. The summed E-state index contributed by atoms with van der Waals surface area (Å²) in [5.41, 5.74) is 2.84. The predicted octanol–water partition coefficient (Wildman–Crippen LogP) is 3.22. The molecule has 0 spiro atoms. The molecule has 0 amide bonds. The minimum Gasteiger partial charge on any atom is -0.385 e. The molecule has 3 heteroatoms. The molecule has 1 aliphatic carbocycles. The van der Waals surface area contributed by atoms with Gasteiger partial charge in [-0.1, -0.05) is 30.3 Å². The summed E-state index contributed by atoms with van der Waals surface area (Å²) in [7, 11) is 0. The molecule has 2 aromatic rings. The maximum Gasteiger partial charge on any atom is 0.119 e. The second kappa shape index (κ2) is 5.31. The predicted molar refractivity (Wildman–Crippen MR) is 80.6 cm³/mol. The molecular formula is C18H18N2O. The summed E-state index contributed by atoms with van der Waals surface area (Å²) < 4.78 is 0. The number of hydrogen-bond donors (Lipinski definition) is 1. The fourth-order valence-corrected chi connectivity index (χ4v) is 3.22. The zero-order valence-corrected chi connectivity index (χ0v) is 12.1. The third-order valence-electron chi connectivity index (χ3n) is 4.40. The van der Waals surface area contributed by atoms with Gasteiger partial charge in [0.25, 0.3) is 0 Å². The van der Waals surface area contributed by atoms with Crippen molar-refractivity contribution in [3.05, 3.63) is 65.0 Å². The van der Waals surface area contributed by atoms with Gasteiger partial charge in [-0.05, 0) is 48.9 Å². The van der Waals surface area contributed by atoms with Crippen molar-refractivity contribution in [2.75, 3.05) is 0 Å². The second-order valence-electron chi connectivity index (χ2n) is 5.76. The number of rotatable bonds is 2. The van der Waals surface area contributed by atoms with Crippen molar-refractivity contribution >= 4 is 0 Å². The Labute approximate surface area is 124 Å². The van der Waals surface area contributed by atoms with Crippen molar-refractivity contribution in [1.82, 2.24) is 4.98 Å². The molecule has 106 valence electrons. The molecule has 21 heavy (non-hydrogen) atoms. The number of nitrogens with zero attached hydrogens (tertiary/aromatic N) is 2. The van der Waals surface area contributed by atoms with Crippen molar-refractivity contribution in [3.63, 3.8) is 0 Å². The van der Waals surface area contributed by atoms with Crippen molar-refractivity contribution < 1.29 is 5.11 Å². The van der Waals surface area contributed by atoms with Gasteiger partial charge in [-0.25, -0.2) is 0 Å². The molecule has 0 bridgehead atoms. The molecule has 2 atom stereocenters. The van der Waals surface area contributed by atoms with Crippen LogP contribution in [0.4, 0.5) is 0 Å². The molecule has 1 aromatic carbocycles. The van der Waals surface area contributed by atoms with Crippen LogP contribution >= 0.6 is 0 Å². The van der Waals surface area contributed by atoms with Crippen LogP contribution in [-0.4, -0.2) is 10.1 Å². The molecule has 1 N–H and O–H groups in total. The third-order valence-corrected chi connectivity index (χ3v) is 4.40. The number of benzene rings is 1. The van der Waals surface area contributed by atoms with Gasteiger partial charge in [0.2, 0.25) is 0 Å². The molecule has 2 unspecified atom stereocenters. The Hall–Kier alpha value is -2.18. The minimum atomic E-state index is -0.899. The van der Waals surface area contributed by atoms with Crippen LogP contribution < -0.4 is 0 Å². The van der Waals surface area contributed by atoms with Gasteiger partial charge in [0.05, 0.1) is 11.8 Å². The number of aryl methyl sites for hydroxylation is 2. The Morgan fingerprint density at radius 1 is 1.29 bits per heavy atom. The lowest BCUT2D eigenvalue weighted by molar-refractivity contribution is 0.0956. The van der Waals surface area contributed by atoms with Gasteiger partial charge in [0.1, 0.15) is 11.5 Å². The summed E-state index contributed by atoms with van der Waals surface area (Å²) in [5, 5.41) is 20.7. The summed E-state index contributed by atoms with van der Waals surface area (Å²) >= 11 is 0. The highest BCUT2D eigenvalue weighted by molar-refractivity contribution is 5.44. The maximum absolute atomic E-state index is 10.8. The first-order chi connectivity index (χ1) is 10.2. The van der Waals surface area contributed by atoms with Crippen LogP contribution in [0.2, 0.25) is 0 Å². The van der Waals surface area contributed by atoms with E-state index < -0.39 is 11.5 Å². The van der Waals surface area contributed by atoms with Crippen molar-refractivity contribution in [1.29, 1.82) is 5.26 Å². The average Bonchev–Trinajstić information content (AvgIpc) is 2.54. The molecule has 3 rings (SSSR count). The molecule has 0 aliphatic heterocycles. The highest BCUT2D eigenvalue weighted by atomic mass is 16.3. The van der Waals surface area contributed by atoms with Crippen LogP contribution in [0, 0.1) is 18.3 Å². The number of nitriles is 1. The van der Waals surface area contributed by atoms with E-state index in [1.54, 1.807) is 6.20 Å². The van der Waals surface area contributed by atoms with Crippen LogP contribution in [0.3, 0.4) is 0 Å². The van der Waals surface area contributed by atoms with Crippen molar-refractivity contribution in [3.8, 4) is 6.07 Å². The lowest BCUT2D eigenvalue weighted by Crippen LogP contribution is -2.36. The number of hydrogen-bond acceptors (Lipinski definition) is 3. The Bertz CT molecular complexity index is 687. The quantitative estimate of drug-likeness (QED) is 0.917. The van der Waals surface area contributed by atoms with Gasteiger partial charge in [-0.2, -0.15) is 5.26 Å². The highest BCUT2D eigenvalue weighted by Crippen LogP contribution is 2.45. The monoisotopic (exact) mass is 278 g/mol. The number of pyridine rings is 1. The molecular weight excluding hydrogens is 260 g/mol. The van der Waals surface area contributed by atoms with Crippen LogP contribution in [0.1, 0.15) is 41.3 Å². The van der Waals surface area contributed by atoms with Crippen LogP contribution in [0.15, 0.2) is 42.6 Å². The lowest BCUT2D eigenvalue weighted by Gasteiger charge is -2.36. The summed E-state index contributed by atoms with van der Waals surface area (Å²) in [6.45, 7) is 1.96. The van der Waals surface area contributed by atoms with E-state index in [2.05, 4.69) is 17.1 Å². The molecule has 0 saturated carbocycles. The SMILES string of the molecule is Cc1ccc(C(O)C2(C#N)CCCc3ccccc32)nc1. The zero-order valence-electron chi connectivity index (χ0n) is 12.1. The lowest BCUT2D eigenvalue weighted by atomic mass is 9.67. The number of aliphatic hydroxyl groups is 1. The number of aliphatic hydroxyl groups excluding tert-OH is 1. The number of aromatic nitrogens is 1. The van der Waals surface area contributed by atoms with Gasteiger partial charge in [0.15, 0.2) is 0 Å². The first-order valence-electron chi connectivity index (χ1n) is 7.27. The van der Waals surface area contributed by atoms with E-state index >= 15 is 0 Å². The fourth-order valence-electron chi connectivity index (χ4n) is 3.22. The molecule has 1 aromatic heterocycles. The average molecular weight is 278 g/mol. The standard InChI is InChI=1S/C18H18N2O/c1-13-8-9-16(20-11-13)17(21)18(12-19)10-4-6-14-5-2-3-7-15(14)18/h2-3,5,7-9,11,17,21H,4,6,10H2,1H3. The Balaban J connectivity index is 2.10. The van der Waals surface area contributed by atoms with E-state index in [4.69, 9.17) is 0 Å². The van der Waals surface area contributed by atoms with E-state index in [0.29, 0.717) is 12.1 Å². The molecule has 3 nitrogen and oxygen atoms in total. The van der Waals surface area contributed by atoms with Gasteiger partial charge in [-0.15, -0.1) is 0 Å². The first kappa shape index (κ1) is 13.8. The Morgan fingerprint density at radius 2 is 2.10 bits per heavy atom. The molecule has 0 radical (unpaired) electrons. The highest BCUT2D eigenvalue weighted by Gasteiger charge is 2.44. The normalized spacial score (nSPS) is 22.1. The van der Waals surface area contributed by atoms with Crippen LogP contribution in [-0.2, 0) is 11.8 Å². The van der Waals surface area contributed by atoms with Gasteiger partial charge < -0.3 is 5.11 Å². The van der Waals surface area contributed by atoms with E-state index in [1.807, 2.05) is 37.3 Å². The van der Waals surface area contributed by atoms with E-state index in [-0.39, 0.29) is 0 Å². The largest absolute Gasteiger partial charge is 0.385 e. The van der Waals surface area contributed by atoms with Gasteiger partial charge in [0, 0.05) is 6.20 Å². The maximum atomic E-state index is 10.8. The topological polar surface area (TPSA) is 56.9 Å². The van der Waals surface area contributed by atoms with Crippen LogP contribution in [0.25, 0.3) is 0 Å². The number of fused-ring (bicyclic) bond motifs is 1. The fraction of sp³-hybridized carbons (Fsp3) is 0.333. The third kappa shape index (κ3) is 2.22. The second-order valence-corrected chi connectivity index (χ2v) is 5.76. The molecule has 1 heterocycles. The smallest absolute Gasteiger partial charge is 0.119 e. The first-order valence-corrected chi connectivity index (χ1v) is 7.27. The summed E-state index contributed by atoms with van der Waals surface area (Å²) in [6, 6.07) is 14.1. The van der Waals surface area contributed by atoms with E-state index in [1.165, 1.54) is 0 Å². The summed E-state index contributed by atoms with van der Waals surface area (Å²) in [4.78, 5) is 4.32. The molecule has 0 fully saturated rings. The Morgan fingerprint density at radius 3 is 2.81 bits per heavy atom. The summed E-state index contributed by atoms with van der Waals surface area (Å²) in [6.07, 6.45) is 3.38. The molecule has 0 saturated heterocycles. The minimum absolute atomic E-state index is 0.568. The van der Waals surface area contributed by atoms with Crippen molar-refractivity contribution in [2.24, 2.45) is 0 Å².